The van der Waals surface area contributed by atoms with Crippen LogP contribution in [0.4, 0.5) is 4.39 Å². The zero-order valence-corrected chi connectivity index (χ0v) is 10.6. The summed E-state index contributed by atoms with van der Waals surface area (Å²) in [6.07, 6.45) is 1.13. The molecule has 1 aliphatic rings. The van der Waals surface area contributed by atoms with E-state index in [1.54, 1.807) is 12.1 Å². The Bertz CT molecular complexity index is 367. The van der Waals surface area contributed by atoms with Crippen molar-refractivity contribution in [3.8, 4) is 0 Å². The van der Waals surface area contributed by atoms with E-state index in [1.165, 1.54) is 6.07 Å². The molecule has 94 valence electrons. The lowest BCUT2D eigenvalue weighted by molar-refractivity contribution is 0.124. The van der Waals surface area contributed by atoms with Crippen LogP contribution in [-0.2, 0) is 6.54 Å². The van der Waals surface area contributed by atoms with Crippen molar-refractivity contribution in [3.05, 3.63) is 35.6 Å². The number of nitrogens with one attached hydrogen (secondary N) is 1. The zero-order chi connectivity index (χ0) is 12.3. The first-order valence-corrected chi connectivity index (χ1v) is 6.41. The number of hydrogen-bond acceptors (Lipinski definition) is 2. The highest BCUT2D eigenvalue weighted by atomic mass is 19.1. The highest BCUT2D eigenvalue weighted by Crippen LogP contribution is 2.15. The van der Waals surface area contributed by atoms with Crippen LogP contribution in [0.25, 0.3) is 0 Å². The maximum absolute atomic E-state index is 13.1. The quantitative estimate of drug-likeness (QED) is 0.867. The molecule has 0 radical (unpaired) electrons. The van der Waals surface area contributed by atoms with Gasteiger partial charge in [-0.15, -0.1) is 0 Å². The number of hydrogen-bond donors (Lipinski definition) is 1. The maximum Gasteiger partial charge on any atom is 0.123 e. The van der Waals surface area contributed by atoms with E-state index < -0.39 is 0 Å². The third-order valence-corrected chi connectivity index (χ3v) is 3.47. The van der Waals surface area contributed by atoms with E-state index in [-0.39, 0.29) is 5.82 Å². The third-order valence-electron chi connectivity index (χ3n) is 3.47. The Morgan fingerprint density at radius 2 is 2.29 bits per heavy atom. The van der Waals surface area contributed by atoms with Gasteiger partial charge in [0.1, 0.15) is 5.82 Å². The smallest absolute Gasteiger partial charge is 0.123 e. The normalized spacial score (nSPS) is 26.1. The van der Waals surface area contributed by atoms with Gasteiger partial charge in [-0.05, 0) is 31.0 Å². The molecular formula is C14H21FN2. The second-order valence-electron chi connectivity index (χ2n) is 4.93. The van der Waals surface area contributed by atoms with Gasteiger partial charge in [0.2, 0.25) is 0 Å². The molecule has 1 aromatic rings. The van der Waals surface area contributed by atoms with E-state index in [2.05, 4.69) is 24.1 Å². The minimum Gasteiger partial charge on any atom is -0.311 e. The van der Waals surface area contributed by atoms with Crippen LogP contribution >= 0.6 is 0 Å². The molecule has 2 atom stereocenters. The summed E-state index contributed by atoms with van der Waals surface area (Å²) in [4.78, 5) is 2.45. The predicted molar refractivity (Wildman–Crippen MR) is 68.4 cm³/mol. The predicted octanol–water partition coefficient (Wildman–Crippen LogP) is 2.40. The van der Waals surface area contributed by atoms with Crippen molar-refractivity contribution in [3.63, 3.8) is 0 Å². The summed E-state index contributed by atoms with van der Waals surface area (Å²) in [6, 6.07) is 8.02. The summed E-state index contributed by atoms with van der Waals surface area (Å²) < 4.78 is 13.1. The molecule has 1 aliphatic heterocycles. The molecule has 1 fully saturated rings. The summed E-state index contributed by atoms with van der Waals surface area (Å²) in [5.41, 5.74) is 1.07. The average Bonchev–Trinajstić information content (AvgIpc) is 2.29. The third kappa shape index (κ3) is 3.27. The summed E-state index contributed by atoms with van der Waals surface area (Å²) in [5, 5.41) is 3.49. The fourth-order valence-corrected chi connectivity index (χ4v) is 2.50. The molecular weight excluding hydrogens is 215 g/mol. The fraction of sp³-hybridized carbons (Fsp3) is 0.571. The maximum atomic E-state index is 13.1. The molecule has 2 unspecified atom stereocenters. The Labute approximate surface area is 103 Å². The Kier molecular flexibility index (Phi) is 4.13. The molecule has 3 heteroatoms. The lowest BCUT2D eigenvalue weighted by Gasteiger charge is -2.39. The summed E-state index contributed by atoms with van der Waals surface area (Å²) in [6.45, 7) is 7.33. The van der Waals surface area contributed by atoms with Gasteiger partial charge in [0.05, 0.1) is 0 Å². The molecule has 1 saturated heterocycles. The minimum atomic E-state index is -0.140. The van der Waals surface area contributed by atoms with E-state index in [0.29, 0.717) is 12.1 Å². The Morgan fingerprint density at radius 1 is 1.47 bits per heavy atom. The molecule has 0 aliphatic carbocycles. The molecule has 2 rings (SSSR count). The second kappa shape index (κ2) is 5.61. The van der Waals surface area contributed by atoms with Crippen molar-refractivity contribution in [2.45, 2.75) is 38.9 Å². The van der Waals surface area contributed by atoms with Crippen LogP contribution in [0.15, 0.2) is 24.3 Å². The summed E-state index contributed by atoms with van der Waals surface area (Å²) in [7, 11) is 0. The van der Waals surface area contributed by atoms with E-state index in [4.69, 9.17) is 0 Å². The van der Waals surface area contributed by atoms with Crippen molar-refractivity contribution in [1.82, 2.24) is 10.2 Å². The van der Waals surface area contributed by atoms with Crippen LogP contribution in [0.5, 0.6) is 0 Å². The average molecular weight is 236 g/mol. The van der Waals surface area contributed by atoms with Crippen molar-refractivity contribution >= 4 is 0 Å². The number of benzene rings is 1. The van der Waals surface area contributed by atoms with Crippen molar-refractivity contribution in [1.29, 1.82) is 0 Å². The molecule has 1 heterocycles. The van der Waals surface area contributed by atoms with E-state index in [0.717, 1.165) is 31.6 Å². The molecule has 0 spiro atoms. The van der Waals surface area contributed by atoms with Crippen LogP contribution in [0.3, 0.4) is 0 Å². The molecule has 1 aromatic carbocycles. The molecule has 2 nitrogen and oxygen atoms in total. The highest BCUT2D eigenvalue weighted by Gasteiger charge is 2.24. The first kappa shape index (κ1) is 12.5. The number of rotatable bonds is 3. The SMILES string of the molecule is CCC1CNC(C)CN1Cc1cccc(F)c1. The molecule has 0 amide bonds. The van der Waals surface area contributed by atoms with Crippen molar-refractivity contribution < 1.29 is 4.39 Å². The van der Waals surface area contributed by atoms with Crippen LogP contribution in [0, 0.1) is 5.82 Å². The van der Waals surface area contributed by atoms with Gasteiger partial charge in [-0.25, -0.2) is 4.39 Å². The lowest BCUT2D eigenvalue weighted by Crippen LogP contribution is -2.54. The van der Waals surface area contributed by atoms with Crippen LogP contribution in [0.1, 0.15) is 25.8 Å². The Balaban J connectivity index is 2.04. The molecule has 0 aromatic heterocycles. The van der Waals surface area contributed by atoms with E-state index >= 15 is 0 Å². The Morgan fingerprint density at radius 3 is 3.00 bits per heavy atom. The van der Waals surface area contributed by atoms with Gasteiger partial charge in [0.15, 0.2) is 0 Å². The number of halogens is 1. The zero-order valence-electron chi connectivity index (χ0n) is 10.6. The lowest BCUT2D eigenvalue weighted by atomic mass is 10.1. The van der Waals surface area contributed by atoms with Gasteiger partial charge < -0.3 is 5.32 Å². The van der Waals surface area contributed by atoms with Crippen LogP contribution in [0.2, 0.25) is 0 Å². The standard InChI is InChI=1S/C14H21FN2/c1-3-14-8-16-11(2)9-17(14)10-12-5-4-6-13(15)7-12/h4-7,11,14,16H,3,8-10H2,1-2H3. The molecule has 17 heavy (non-hydrogen) atoms. The molecule has 1 N–H and O–H groups in total. The van der Waals surface area contributed by atoms with Gasteiger partial charge >= 0.3 is 0 Å². The van der Waals surface area contributed by atoms with Gasteiger partial charge in [0.25, 0.3) is 0 Å². The molecule has 0 bridgehead atoms. The van der Waals surface area contributed by atoms with Crippen LogP contribution < -0.4 is 5.32 Å². The Hall–Kier alpha value is -0.930. The number of piperazine rings is 1. The fourth-order valence-electron chi connectivity index (χ4n) is 2.50. The first-order valence-electron chi connectivity index (χ1n) is 6.41. The van der Waals surface area contributed by atoms with Gasteiger partial charge in [-0.3, -0.25) is 4.90 Å². The van der Waals surface area contributed by atoms with Crippen molar-refractivity contribution in [2.24, 2.45) is 0 Å². The monoisotopic (exact) mass is 236 g/mol. The van der Waals surface area contributed by atoms with Gasteiger partial charge in [-0.1, -0.05) is 19.1 Å². The van der Waals surface area contributed by atoms with Gasteiger partial charge in [-0.2, -0.15) is 0 Å². The largest absolute Gasteiger partial charge is 0.311 e. The first-order chi connectivity index (χ1) is 8.19. The minimum absolute atomic E-state index is 0.140. The second-order valence-corrected chi connectivity index (χ2v) is 4.93. The van der Waals surface area contributed by atoms with Crippen molar-refractivity contribution in [2.75, 3.05) is 13.1 Å². The van der Waals surface area contributed by atoms with E-state index in [1.807, 2.05) is 6.07 Å². The number of nitrogens with zero attached hydrogens (tertiary/aromatic N) is 1. The molecule has 0 saturated carbocycles. The summed E-state index contributed by atoms with van der Waals surface area (Å²) >= 11 is 0. The highest BCUT2D eigenvalue weighted by molar-refractivity contribution is 5.16. The van der Waals surface area contributed by atoms with Gasteiger partial charge in [0, 0.05) is 31.7 Å². The topological polar surface area (TPSA) is 15.3 Å². The van der Waals surface area contributed by atoms with E-state index in [9.17, 15) is 4.39 Å². The van der Waals surface area contributed by atoms with Crippen LogP contribution in [-0.4, -0.2) is 30.1 Å². The summed E-state index contributed by atoms with van der Waals surface area (Å²) in [5.74, 6) is -0.140.